The van der Waals surface area contributed by atoms with Crippen molar-refractivity contribution in [1.82, 2.24) is 9.78 Å². The van der Waals surface area contributed by atoms with Crippen LogP contribution in [0.2, 0.25) is 0 Å². The van der Waals surface area contributed by atoms with Gasteiger partial charge in [0, 0.05) is 32.5 Å². The molecule has 72 valence electrons. The second kappa shape index (κ2) is 4.61. The first-order valence-electron chi connectivity index (χ1n) is 3.96. The maximum Gasteiger partial charge on any atom is 0.328 e. The third-order valence-corrected chi connectivity index (χ3v) is 1.72. The Labute approximate surface area is 75.9 Å². The van der Waals surface area contributed by atoms with Crippen LogP contribution < -0.4 is 0 Å². The molecule has 1 N–H and O–H groups in total. The molecule has 0 unspecified atom stereocenters. The molecule has 1 atom stereocenters. The summed E-state index contributed by atoms with van der Waals surface area (Å²) < 4.78 is 6.23. The Kier molecular flexibility index (Phi) is 3.45. The molecule has 0 aliphatic rings. The Balaban J connectivity index is 2.63. The molecule has 1 aromatic rings. The quantitative estimate of drug-likeness (QED) is 0.725. The van der Waals surface area contributed by atoms with Crippen molar-refractivity contribution in [1.29, 1.82) is 0 Å². The fourth-order valence-corrected chi connectivity index (χ4v) is 1.06. The summed E-state index contributed by atoms with van der Waals surface area (Å²) in [5, 5.41) is 12.7. The van der Waals surface area contributed by atoms with Crippen molar-refractivity contribution in [2.75, 3.05) is 13.7 Å². The number of carbonyl (C=O) groups is 1. The molecule has 0 saturated carbocycles. The summed E-state index contributed by atoms with van der Waals surface area (Å²) in [5.41, 5.74) is 0. The molecule has 5 heteroatoms. The van der Waals surface area contributed by atoms with Gasteiger partial charge in [-0.3, -0.25) is 4.68 Å². The van der Waals surface area contributed by atoms with Gasteiger partial charge in [0.05, 0.1) is 0 Å². The van der Waals surface area contributed by atoms with Gasteiger partial charge < -0.3 is 9.84 Å². The number of nitrogens with zero attached hydrogens (tertiary/aromatic N) is 2. The Morgan fingerprint density at radius 1 is 1.77 bits per heavy atom. The maximum absolute atomic E-state index is 10.8. The molecule has 1 aromatic heterocycles. The minimum absolute atomic E-state index is 0.414. The first-order chi connectivity index (χ1) is 6.25. The molecule has 0 aliphatic heterocycles. The maximum atomic E-state index is 10.8. The van der Waals surface area contributed by atoms with E-state index in [2.05, 4.69) is 5.10 Å². The largest absolute Gasteiger partial charge is 0.480 e. The summed E-state index contributed by atoms with van der Waals surface area (Å²) in [6, 6.07) is 1.07. The number of methoxy groups -OCH3 is 1. The van der Waals surface area contributed by atoms with Gasteiger partial charge in [0.2, 0.25) is 0 Å². The first-order valence-corrected chi connectivity index (χ1v) is 3.96. The van der Waals surface area contributed by atoms with Gasteiger partial charge in [0.25, 0.3) is 0 Å². The normalized spacial score (nSPS) is 12.7. The summed E-state index contributed by atoms with van der Waals surface area (Å²) >= 11 is 0. The van der Waals surface area contributed by atoms with Crippen molar-refractivity contribution in [2.24, 2.45) is 0 Å². The third kappa shape index (κ3) is 2.55. The Hall–Kier alpha value is -1.36. The van der Waals surface area contributed by atoms with E-state index in [1.807, 2.05) is 0 Å². The molecular weight excluding hydrogens is 172 g/mol. The SMILES string of the molecule is COCC[C@H](C(=O)O)n1cccn1. The van der Waals surface area contributed by atoms with Crippen molar-refractivity contribution in [3.8, 4) is 0 Å². The minimum Gasteiger partial charge on any atom is -0.480 e. The van der Waals surface area contributed by atoms with Gasteiger partial charge >= 0.3 is 5.97 Å². The lowest BCUT2D eigenvalue weighted by atomic mass is 10.2. The molecule has 13 heavy (non-hydrogen) atoms. The zero-order chi connectivity index (χ0) is 9.68. The van der Waals surface area contributed by atoms with Crippen LogP contribution >= 0.6 is 0 Å². The summed E-state index contributed by atoms with van der Waals surface area (Å²) in [6.45, 7) is 0.414. The lowest BCUT2D eigenvalue weighted by Crippen LogP contribution is -2.20. The van der Waals surface area contributed by atoms with E-state index in [0.717, 1.165) is 0 Å². The van der Waals surface area contributed by atoms with E-state index in [0.29, 0.717) is 13.0 Å². The second-order valence-corrected chi connectivity index (χ2v) is 2.62. The van der Waals surface area contributed by atoms with Crippen LogP contribution in [0.5, 0.6) is 0 Å². The van der Waals surface area contributed by atoms with E-state index in [4.69, 9.17) is 9.84 Å². The fraction of sp³-hybridized carbons (Fsp3) is 0.500. The van der Waals surface area contributed by atoms with Crippen LogP contribution in [0.25, 0.3) is 0 Å². The van der Waals surface area contributed by atoms with Gasteiger partial charge in [0.15, 0.2) is 6.04 Å². The predicted molar refractivity (Wildman–Crippen MR) is 45.4 cm³/mol. The molecule has 5 nitrogen and oxygen atoms in total. The van der Waals surface area contributed by atoms with E-state index < -0.39 is 12.0 Å². The van der Waals surface area contributed by atoms with Crippen LogP contribution in [-0.2, 0) is 9.53 Å². The molecule has 0 aromatic carbocycles. The number of hydrogen-bond donors (Lipinski definition) is 1. The number of aromatic nitrogens is 2. The molecule has 0 saturated heterocycles. The number of ether oxygens (including phenoxy) is 1. The summed E-state index contributed by atoms with van der Waals surface area (Å²) in [6.07, 6.45) is 3.62. The lowest BCUT2D eigenvalue weighted by molar-refractivity contribution is -0.141. The number of carboxylic acids is 1. The molecule has 1 heterocycles. The molecule has 0 bridgehead atoms. The Morgan fingerprint density at radius 3 is 3.00 bits per heavy atom. The number of carboxylic acid groups (broad SMARTS) is 1. The Morgan fingerprint density at radius 2 is 2.54 bits per heavy atom. The number of aliphatic carboxylic acids is 1. The van der Waals surface area contributed by atoms with Gasteiger partial charge in [-0.25, -0.2) is 4.79 Å². The van der Waals surface area contributed by atoms with Crippen LogP contribution in [0, 0.1) is 0 Å². The van der Waals surface area contributed by atoms with Crippen LogP contribution in [0.1, 0.15) is 12.5 Å². The van der Waals surface area contributed by atoms with Crippen molar-refractivity contribution < 1.29 is 14.6 Å². The van der Waals surface area contributed by atoms with Crippen molar-refractivity contribution >= 4 is 5.97 Å². The van der Waals surface area contributed by atoms with Crippen molar-refractivity contribution in [3.05, 3.63) is 18.5 Å². The zero-order valence-electron chi connectivity index (χ0n) is 7.38. The van der Waals surface area contributed by atoms with Gasteiger partial charge in [0.1, 0.15) is 0 Å². The number of rotatable bonds is 5. The van der Waals surface area contributed by atoms with E-state index in [1.165, 1.54) is 4.68 Å². The van der Waals surface area contributed by atoms with E-state index >= 15 is 0 Å². The monoisotopic (exact) mass is 184 g/mol. The number of hydrogen-bond acceptors (Lipinski definition) is 3. The predicted octanol–water partition coefficient (Wildman–Crippen LogP) is 0.545. The second-order valence-electron chi connectivity index (χ2n) is 2.62. The van der Waals surface area contributed by atoms with Crippen LogP contribution in [0.3, 0.4) is 0 Å². The molecule has 0 amide bonds. The van der Waals surface area contributed by atoms with Crippen LogP contribution in [0.4, 0.5) is 0 Å². The van der Waals surface area contributed by atoms with Gasteiger partial charge in [-0.2, -0.15) is 5.10 Å². The highest BCUT2D eigenvalue weighted by Crippen LogP contribution is 2.09. The van der Waals surface area contributed by atoms with E-state index in [1.54, 1.807) is 25.6 Å². The topological polar surface area (TPSA) is 64.3 Å². The summed E-state index contributed by atoms with van der Waals surface area (Å²) in [4.78, 5) is 10.8. The highest BCUT2D eigenvalue weighted by atomic mass is 16.5. The van der Waals surface area contributed by atoms with Gasteiger partial charge in [-0.05, 0) is 6.07 Å². The molecule has 0 radical (unpaired) electrons. The first kappa shape index (κ1) is 9.73. The highest BCUT2D eigenvalue weighted by molar-refractivity contribution is 5.71. The zero-order valence-corrected chi connectivity index (χ0v) is 7.38. The molecule has 0 aliphatic carbocycles. The van der Waals surface area contributed by atoms with Gasteiger partial charge in [-0.1, -0.05) is 0 Å². The van der Waals surface area contributed by atoms with E-state index in [9.17, 15) is 4.79 Å². The molecule has 0 spiro atoms. The molecular formula is C8H12N2O3. The van der Waals surface area contributed by atoms with Crippen molar-refractivity contribution in [3.63, 3.8) is 0 Å². The highest BCUT2D eigenvalue weighted by Gasteiger charge is 2.18. The van der Waals surface area contributed by atoms with Crippen molar-refractivity contribution in [2.45, 2.75) is 12.5 Å². The average molecular weight is 184 g/mol. The van der Waals surface area contributed by atoms with Gasteiger partial charge in [-0.15, -0.1) is 0 Å². The Bertz CT molecular complexity index is 258. The third-order valence-electron chi connectivity index (χ3n) is 1.72. The molecule has 0 fully saturated rings. The molecule has 1 rings (SSSR count). The smallest absolute Gasteiger partial charge is 0.328 e. The fourth-order valence-electron chi connectivity index (χ4n) is 1.06. The van der Waals surface area contributed by atoms with E-state index in [-0.39, 0.29) is 0 Å². The minimum atomic E-state index is -0.888. The standard InChI is InChI=1S/C8H12N2O3/c1-13-6-3-7(8(11)12)10-5-2-4-9-10/h2,4-5,7H,3,6H2,1H3,(H,11,12)/t7-/m1/s1. The lowest BCUT2D eigenvalue weighted by Gasteiger charge is -2.11. The summed E-state index contributed by atoms with van der Waals surface area (Å²) in [7, 11) is 1.54. The van der Waals surface area contributed by atoms with Crippen LogP contribution in [-0.4, -0.2) is 34.6 Å². The summed E-state index contributed by atoms with van der Waals surface area (Å²) in [5.74, 6) is -0.888. The van der Waals surface area contributed by atoms with Crippen LogP contribution in [0.15, 0.2) is 18.5 Å². The average Bonchev–Trinajstić information content (AvgIpc) is 2.57.